The molecule has 1 aromatic heterocycles. The van der Waals surface area contributed by atoms with Crippen molar-refractivity contribution in [1.82, 2.24) is 9.55 Å². The van der Waals surface area contributed by atoms with Crippen molar-refractivity contribution in [3.63, 3.8) is 0 Å². The molecule has 0 bridgehead atoms. The van der Waals surface area contributed by atoms with Crippen LogP contribution in [0.3, 0.4) is 0 Å². The normalized spacial score (nSPS) is 12.3. The fraction of sp³-hybridized carbons (Fsp3) is 0.400. The number of imidazole rings is 1. The Kier molecular flexibility index (Phi) is 4.40. The Hall–Kier alpha value is -1.77. The number of hydrogen-bond donors (Lipinski definition) is 1. The van der Waals surface area contributed by atoms with Crippen LogP contribution >= 0.6 is 0 Å². The summed E-state index contributed by atoms with van der Waals surface area (Å²) < 4.78 is 2.12. The first-order valence-corrected chi connectivity index (χ1v) is 6.61. The summed E-state index contributed by atoms with van der Waals surface area (Å²) in [4.78, 5) is 4.33. The van der Waals surface area contributed by atoms with Crippen LogP contribution in [0.25, 0.3) is 0 Å². The molecular formula is C15H21N3. The molecule has 0 aliphatic rings. The van der Waals surface area contributed by atoms with E-state index in [0.717, 1.165) is 25.3 Å². The Morgan fingerprint density at radius 3 is 2.78 bits per heavy atom. The molecule has 0 fully saturated rings. The third-order valence-corrected chi connectivity index (χ3v) is 3.14. The van der Waals surface area contributed by atoms with E-state index < -0.39 is 0 Å². The zero-order valence-electron chi connectivity index (χ0n) is 11.1. The van der Waals surface area contributed by atoms with E-state index >= 15 is 0 Å². The molecule has 0 spiro atoms. The van der Waals surface area contributed by atoms with Gasteiger partial charge < -0.3 is 9.88 Å². The van der Waals surface area contributed by atoms with Gasteiger partial charge in [-0.25, -0.2) is 4.98 Å². The standard InChI is InChI=1S/C15H21N3/c1-3-18-12-11-16-15(18)17-13(2)9-10-14-7-5-4-6-8-14/h4-8,11-13H,3,9-10H2,1-2H3,(H,16,17). The first-order valence-electron chi connectivity index (χ1n) is 6.61. The lowest BCUT2D eigenvalue weighted by atomic mass is 10.1. The lowest BCUT2D eigenvalue weighted by Crippen LogP contribution is -2.19. The maximum absolute atomic E-state index is 4.33. The van der Waals surface area contributed by atoms with E-state index in [1.807, 2.05) is 12.4 Å². The third-order valence-electron chi connectivity index (χ3n) is 3.14. The van der Waals surface area contributed by atoms with Gasteiger partial charge in [-0.2, -0.15) is 0 Å². The van der Waals surface area contributed by atoms with Gasteiger partial charge in [-0.3, -0.25) is 0 Å². The molecule has 1 aromatic carbocycles. The maximum Gasteiger partial charge on any atom is 0.202 e. The topological polar surface area (TPSA) is 29.9 Å². The highest BCUT2D eigenvalue weighted by atomic mass is 15.2. The SMILES string of the molecule is CCn1ccnc1NC(C)CCc1ccccc1. The zero-order chi connectivity index (χ0) is 12.8. The molecule has 1 unspecified atom stereocenters. The van der Waals surface area contributed by atoms with Crippen molar-refractivity contribution in [2.24, 2.45) is 0 Å². The predicted octanol–water partition coefficient (Wildman–Crippen LogP) is 3.34. The van der Waals surface area contributed by atoms with Crippen molar-refractivity contribution in [1.29, 1.82) is 0 Å². The monoisotopic (exact) mass is 243 g/mol. The lowest BCUT2D eigenvalue weighted by molar-refractivity contribution is 0.679. The lowest BCUT2D eigenvalue weighted by Gasteiger charge is -2.15. The van der Waals surface area contributed by atoms with Gasteiger partial charge in [0.2, 0.25) is 5.95 Å². The van der Waals surface area contributed by atoms with Crippen molar-refractivity contribution >= 4 is 5.95 Å². The van der Waals surface area contributed by atoms with Crippen LogP contribution in [0.15, 0.2) is 42.7 Å². The molecule has 0 saturated heterocycles. The summed E-state index contributed by atoms with van der Waals surface area (Å²) in [5.41, 5.74) is 1.39. The largest absolute Gasteiger partial charge is 0.353 e. The fourth-order valence-electron chi connectivity index (χ4n) is 2.02. The number of anilines is 1. The summed E-state index contributed by atoms with van der Waals surface area (Å²) in [5, 5.41) is 3.46. The molecule has 18 heavy (non-hydrogen) atoms. The number of aryl methyl sites for hydroxylation is 2. The molecule has 1 heterocycles. The Morgan fingerprint density at radius 2 is 2.06 bits per heavy atom. The molecule has 0 saturated carbocycles. The number of nitrogens with one attached hydrogen (secondary N) is 1. The molecule has 3 heteroatoms. The number of rotatable bonds is 6. The summed E-state index contributed by atoms with van der Waals surface area (Å²) >= 11 is 0. The van der Waals surface area contributed by atoms with Gasteiger partial charge in [-0.15, -0.1) is 0 Å². The quantitative estimate of drug-likeness (QED) is 0.843. The van der Waals surface area contributed by atoms with E-state index in [-0.39, 0.29) is 0 Å². The average molecular weight is 243 g/mol. The molecule has 2 aromatic rings. The molecule has 1 atom stereocenters. The highest BCUT2D eigenvalue weighted by Crippen LogP contribution is 2.10. The van der Waals surface area contributed by atoms with Gasteiger partial charge in [0.15, 0.2) is 0 Å². The van der Waals surface area contributed by atoms with Gasteiger partial charge in [0.25, 0.3) is 0 Å². The highest BCUT2D eigenvalue weighted by molar-refractivity contribution is 5.27. The minimum absolute atomic E-state index is 0.429. The van der Waals surface area contributed by atoms with Gasteiger partial charge in [0.1, 0.15) is 0 Å². The molecular weight excluding hydrogens is 222 g/mol. The highest BCUT2D eigenvalue weighted by Gasteiger charge is 2.06. The van der Waals surface area contributed by atoms with Crippen LogP contribution in [0.1, 0.15) is 25.8 Å². The number of aromatic nitrogens is 2. The molecule has 1 N–H and O–H groups in total. The van der Waals surface area contributed by atoms with Gasteiger partial charge in [0.05, 0.1) is 0 Å². The van der Waals surface area contributed by atoms with Crippen LogP contribution in [0.2, 0.25) is 0 Å². The summed E-state index contributed by atoms with van der Waals surface area (Å²) in [6.07, 6.45) is 6.06. The van der Waals surface area contributed by atoms with E-state index in [1.54, 1.807) is 0 Å². The summed E-state index contributed by atoms with van der Waals surface area (Å²) in [6.45, 7) is 5.28. The van der Waals surface area contributed by atoms with Crippen LogP contribution in [0.5, 0.6) is 0 Å². The molecule has 3 nitrogen and oxygen atoms in total. The Labute approximate surface area is 109 Å². The minimum atomic E-state index is 0.429. The van der Waals surface area contributed by atoms with E-state index in [2.05, 4.69) is 59.0 Å². The van der Waals surface area contributed by atoms with Crippen LogP contribution in [-0.4, -0.2) is 15.6 Å². The smallest absolute Gasteiger partial charge is 0.202 e. The Morgan fingerprint density at radius 1 is 1.28 bits per heavy atom. The molecule has 0 aliphatic heterocycles. The summed E-state index contributed by atoms with van der Waals surface area (Å²) in [6, 6.07) is 11.0. The minimum Gasteiger partial charge on any atom is -0.353 e. The Balaban J connectivity index is 1.84. The second-order valence-corrected chi connectivity index (χ2v) is 4.61. The molecule has 0 aliphatic carbocycles. The van der Waals surface area contributed by atoms with Crippen molar-refractivity contribution in [3.05, 3.63) is 48.3 Å². The number of nitrogens with zero attached hydrogens (tertiary/aromatic N) is 2. The van der Waals surface area contributed by atoms with Gasteiger partial charge in [0, 0.05) is 25.0 Å². The Bertz CT molecular complexity index is 462. The van der Waals surface area contributed by atoms with Crippen molar-refractivity contribution < 1.29 is 0 Å². The molecule has 0 radical (unpaired) electrons. The van der Waals surface area contributed by atoms with Crippen molar-refractivity contribution in [3.8, 4) is 0 Å². The average Bonchev–Trinajstić information content (AvgIpc) is 2.85. The predicted molar refractivity (Wildman–Crippen MR) is 75.7 cm³/mol. The van der Waals surface area contributed by atoms with Crippen molar-refractivity contribution in [2.45, 2.75) is 39.3 Å². The van der Waals surface area contributed by atoms with Gasteiger partial charge >= 0.3 is 0 Å². The molecule has 96 valence electrons. The summed E-state index contributed by atoms with van der Waals surface area (Å²) in [5.74, 6) is 0.970. The van der Waals surface area contributed by atoms with Gasteiger partial charge in [-0.1, -0.05) is 30.3 Å². The maximum atomic E-state index is 4.33. The van der Waals surface area contributed by atoms with Crippen LogP contribution in [0.4, 0.5) is 5.95 Å². The first kappa shape index (κ1) is 12.7. The van der Waals surface area contributed by atoms with Crippen LogP contribution in [0, 0.1) is 0 Å². The third kappa shape index (κ3) is 3.36. The van der Waals surface area contributed by atoms with E-state index in [4.69, 9.17) is 0 Å². The second-order valence-electron chi connectivity index (χ2n) is 4.61. The first-order chi connectivity index (χ1) is 8.79. The van der Waals surface area contributed by atoms with Gasteiger partial charge in [-0.05, 0) is 32.3 Å². The molecule has 2 rings (SSSR count). The van der Waals surface area contributed by atoms with E-state index in [9.17, 15) is 0 Å². The number of hydrogen-bond acceptors (Lipinski definition) is 2. The summed E-state index contributed by atoms with van der Waals surface area (Å²) in [7, 11) is 0. The van der Waals surface area contributed by atoms with Crippen LogP contribution < -0.4 is 5.32 Å². The van der Waals surface area contributed by atoms with Crippen LogP contribution in [-0.2, 0) is 13.0 Å². The fourth-order valence-corrected chi connectivity index (χ4v) is 2.02. The van der Waals surface area contributed by atoms with E-state index in [0.29, 0.717) is 6.04 Å². The number of benzene rings is 1. The van der Waals surface area contributed by atoms with Crippen molar-refractivity contribution in [2.75, 3.05) is 5.32 Å². The molecule has 0 amide bonds. The second kappa shape index (κ2) is 6.24. The van der Waals surface area contributed by atoms with E-state index in [1.165, 1.54) is 5.56 Å². The zero-order valence-corrected chi connectivity index (χ0v) is 11.1.